The maximum Gasteiger partial charge on any atom is 0.306 e. The molecule has 1 amide bonds. The number of amides is 1. The van der Waals surface area contributed by atoms with Crippen LogP contribution in [0.3, 0.4) is 0 Å². The Kier molecular flexibility index (Phi) is 9.00. The van der Waals surface area contributed by atoms with Gasteiger partial charge >= 0.3 is 5.97 Å². The number of carbonyl (C=O) groups excluding carboxylic acids is 1. The molecule has 0 spiro atoms. The van der Waals surface area contributed by atoms with Crippen LogP contribution in [-0.2, 0) is 24.2 Å². The van der Waals surface area contributed by atoms with E-state index in [2.05, 4.69) is 0 Å². The fraction of sp³-hybridized carbons (Fsp3) is 0.481. The van der Waals surface area contributed by atoms with E-state index in [1.807, 2.05) is 13.8 Å². The van der Waals surface area contributed by atoms with Crippen molar-refractivity contribution in [3.8, 4) is 0 Å². The van der Waals surface area contributed by atoms with Crippen LogP contribution in [0.4, 0.5) is 0 Å². The number of hydrogen-bond acceptors (Lipinski definition) is 5. The fourth-order valence-electron chi connectivity index (χ4n) is 4.43. The molecule has 1 heterocycles. The van der Waals surface area contributed by atoms with Gasteiger partial charge in [-0.05, 0) is 62.1 Å². The molecule has 7 nitrogen and oxygen atoms in total. The molecule has 0 aliphatic carbocycles. The van der Waals surface area contributed by atoms with Crippen LogP contribution >= 0.6 is 23.2 Å². The lowest BCUT2D eigenvalue weighted by Gasteiger charge is -2.49. The van der Waals surface area contributed by atoms with E-state index in [9.17, 15) is 23.1 Å². The van der Waals surface area contributed by atoms with Gasteiger partial charge in [-0.2, -0.15) is 0 Å². The summed E-state index contributed by atoms with van der Waals surface area (Å²) < 4.78 is 31.9. The molecule has 1 aliphatic heterocycles. The third-order valence-electron chi connectivity index (χ3n) is 6.63. The fourth-order valence-corrected chi connectivity index (χ4v) is 6.25. The number of carboxylic acid groups (broad SMARTS) is 1. The van der Waals surface area contributed by atoms with E-state index >= 15 is 0 Å². The Labute approximate surface area is 228 Å². The van der Waals surface area contributed by atoms with Gasteiger partial charge in [0.05, 0.1) is 23.0 Å². The Bertz CT molecular complexity index is 1240. The van der Waals surface area contributed by atoms with Gasteiger partial charge in [0.25, 0.3) is 5.91 Å². The zero-order chi connectivity index (χ0) is 27.7. The number of carboxylic acids is 1. The minimum absolute atomic E-state index is 0.264. The zero-order valence-corrected chi connectivity index (χ0v) is 23.8. The van der Waals surface area contributed by atoms with Gasteiger partial charge in [-0.1, -0.05) is 61.3 Å². The number of halogens is 2. The van der Waals surface area contributed by atoms with Gasteiger partial charge in [0, 0.05) is 16.1 Å². The molecule has 2 aromatic carbocycles. The minimum atomic E-state index is -3.65. The molecule has 1 unspecified atom stereocenters. The number of hydrogen-bond donors (Lipinski definition) is 1. The van der Waals surface area contributed by atoms with Crippen molar-refractivity contribution in [1.29, 1.82) is 0 Å². The van der Waals surface area contributed by atoms with Crippen molar-refractivity contribution in [3.63, 3.8) is 0 Å². The number of ether oxygens (including phenoxy) is 1. The highest BCUT2D eigenvalue weighted by Gasteiger charge is 2.49. The van der Waals surface area contributed by atoms with E-state index in [-0.39, 0.29) is 11.7 Å². The number of benzene rings is 2. The average molecular weight is 571 g/mol. The Balaban J connectivity index is 2.26. The molecule has 1 aliphatic rings. The van der Waals surface area contributed by atoms with E-state index < -0.39 is 57.2 Å². The van der Waals surface area contributed by atoms with Crippen LogP contribution in [0.25, 0.3) is 0 Å². The van der Waals surface area contributed by atoms with Crippen LogP contribution in [0.2, 0.25) is 10.0 Å². The maximum absolute atomic E-state index is 13.9. The molecule has 37 heavy (non-hydrogen) atoms. The van der Waals surface area contributed by atoms with Crippen molar-refractivity contribution in [1.82, 2.24) is 4.90 Å². The molecular weight excluding hydrogens is 537 g/mol. The molecule has 2 aromatic rings. The van der Waals surface area contributed by atoms with Gasteiger partial charge in [0.2, 0.25) is 0 Å². The summed E-state index contributed by atoms with van der Waals surface area (Å²) in [5.41, 5.74) is 1.32. The lowest BCUT2D eigenvalue weighted by Crippen LogP contribution is -2.58. The Morgan fingerprint density at radius 1 is 1.05 bits per heavy atom. The Hall–Kier alpha value is -2.13. The number of carbonyl (C=O) groups is 2. The van der Waals surface area contributed by atoms with Crippen molar-refractivity contribution in [3.05, 3.63) is 69.7 Å². The van der Waals surface area contributed by atoms with Gasteiger partial charge < -0.3 is 14.7 Å². The molecule has 0 radical (unpaired) electrons. The highest BCUT2D eigenvalue weighted by molar-refractivity contribution is 7.92. The molecule has 0 aromatic heterocycles. The third-order valence-corrected chi connectivity index (χ3v) is 9.76. The first kappa shape index (κ1) is 29.4. The molecule has 1 fully saturated rings. The van der Waals surface area contributed by atoms with Crippen molar-refractivity contribution in [2.75, 3.05) is 5.75 Å². The van der Waals surface area contributed by atoms with E-state index in [0.29, 0.717) is 21.2 Å². The monoisotopic (exact) mass is 569 g/mol. The summed E-state index contributed by atoms with van der Waals surface area (Å²) in [5, 5.41) is 10.5. The van der Waals surface area contributed by atoms with E-state index in [4.69, 9.17) is 27.9 Å². The quantitative estimate of drug-likeness (QED) is 0.436. The first-order valence-electron chi connectivity index (χ1n) is 12.0. The molecule has 1 saturated heterocycles. The summed E-state index contributed by atoms with van der Waals surface area (Å²) >= 11 is 12.4. The number of aliphatic carboxylic acids is 1. The number of rotatable bonds is 8. The van der Waals surface area contributed by atoms with Crippen LogP contribution in [0.5, 0.6) is 0 Å². The van der Waals surface area contributed by atoms with E-state index in [1.54, 1.807) is 69.3 Å². The second kappa shape index (κ2) is 11.3. The van der Waals surface area contributed by atoms with Crippen LogP contribution < -0.4 is 0 Å². The van der Waals surface area contributed by atoms with Gasteiger partial charge in [-0.3, -0.25) is 9.59 Å². The molecule has 10 heteroatoms. The van der Waals surface area contributed by atoms with Crippen LogP contribution in [0, 0.1) is 5.92 Å². The highest BCUT2D eigenvalue weighted by atomic mass is 35.5. The number of sulfone groups is 1. The van der Waals surface area contributed by atoms with Crippen LogP contribution in [-0.4, -0.2) is 52.9 Å². The summed E-state index contributed by atoms with van der Waals surface area (Å²) in [5.74, 6) is -2.31. The zero-order valence-electron chi connectivity index (χ0n) is 21.5. The van der Waals surface area contributed by atoms with Crippen molar-refractivity contribution in [2.24, 2.45) is 5.92 Å². The molecular formula is C27H33Cl2NO6S. The van der Waals surface area contributed by atoms with Crippen LogP contribution in [0.1, 0.15) is 64.3 Å². The number of nitrogens with zero attached hydrogens (tertiary/aromatic N) is 1. The largest absolute Gasteiger partial charge is 0.481 e. The second-order valence-electron chi connectivity index (χ2n) is 10.6. The van der Waals surface area contributed by atoms with Gasteiger partial charge in [-0.25, -0.2) is 8.42 Å². The predicted octanol–water partition coefficient (Wildman–Crippen LogP) is 5.72. The average Bonchev–Trinajstić information content (AvgIpc) is 2.78. The van der Waals surface area contributed by atoms with Crippen molar-refractivity contribution < 1.29 is 27.9 Å². The minimum Gasteiger partial charge on any atom is -0.481 e. The van der Waals surface area contributed by atoms with Gasteiger partial charge in [0.1, 0.15) is 12.2 Å². The molecule has 3 rings (SSSR count). The van der Waals surface area contributed by atoms with Gasteiger partial charge in [-0.15, -0.1) is 0 Å². The smallest absolute Gasteiger partial charge is 0.306 e. The SMILES string of the molecule is CC(C)[C@@H](CS(=O)(=O)C(C)(C)C)N1C(=O)[C@H](CC(=O)O)O[C@H](c2cccc(Cl)c2)C1c1ccc(Cl)cc1. The third kappa shape index (κ3) is 6.66. The first-order valence-corrected chi connectivity index (χ1v) is 14.5. The summed E-state index contributed by atoms with van der Waals surface area (Å²) in [4.78, 5) is 27.1. The standard InChI is InChI=1S/C27H33Cl2NO6S/c1-16(2)21(15-37(34,35)27(3,4)5)30-24(17-9-11-19(28)12-10-17)25(18-7-6-8-20(29)13-18)36-22(26(30)33)14-23(31)32/h6-13,16,21-22,24-25H,14-15H2,1-5H3,(H,31,32)/t21-,22+,24?,25-/m1/s1. The molecule has 202 valence electrons. The second-order valence-corrected chi connectivity index (χ2v) is 14.3. The summed E-state index contributed by atoms with van der Waals surface area (Å²) in [6.07, 6.45) is -2.67. The topological polar surface area (TPSA) is 101 Å². The predicted molar refractivity (Wildman–Crippen MR) is 145 cm³/mol. The highest BCUT2D eigenvalue weighted by Crippen LogP contribution is 2.45. The van der Waals surface area contributed by atoms with Crippen molar-refractivity contribution >= 4 is 44.9 Å². The number of morpholine rings is 1. The molecule has 4 atom stereocenters. The molecule has 1 N–H and O–H groups in total. The lowest BCUT2D eigenvalue weighted by atomic mass is 9.88. The Morgan fingerprint density at radius 3 is 2.19 bits per heavy atom. The van der Waals surface area contributed by atoms with Gasteiger partial charge in [0.15, 0.2) is 9.84 Å². The van der Waals surface area contributed by atoms with Crippen molar-refractivity contribution in [2.45, 2.75) is 70.1 Å². The molecule has 0 saturated carbocycles. The molecule has 0 bridgehead atoms. The summed E-state index contributed by atoms with van der Waals surface area (Å²) in [7, 11) is -3.65. The van der Waals surface area contributed by atoms with Crippen LogP contribution in [0.15, 0.2) is 48.5 Å². The maximum atomic E-state index is 13.9. The van der Waals surface area contributed by atoms with E-state index in [0.717, 1.165) is 0 Å². The first-order chi connectivity index (χ1) is 17.1. The lowest BCUT2D eigenvalue weighted by molar-refractivity contribution is -0.184. The summed E-state index contributed by atoms with van der Waals surface area (Å²) in [6, 6.07) is 12.4. The normalized spacial score (nSPS) is 21.8. The van der Waals surface area contributed by atoms with E-state index in [1.165, 1.54) is 4.90 Å². The summed E-state index contributed by atoms with van der Waals surface area (Å²) in [6.45, 7) is 8.58. The Morgan fingerprint density at radius 2 is 1.68 bits per heavy atom.